The van der Waals surface area contributed by atoms with Gasteiger partial charge in [0.05, 0.1) is 12.8 Å². The van der Waals surface area contributed by atoms with Gasteiger partial charge in [0, 0.05) is 51.0 Å². The second-order valence-electron chi connectivity index (χ2n) is 8.39. The number of aryl methyl sites for hydroxylation is 1. The molecule has 0 aliphatic carbocycles. The Morgan fingerprint density at radius 1 is 0.909 bits per heavy atom. The van der Waals surface area contributed by atoms with Crippen LogP contribution in [0.1, 0.15) is 16.7 Å². The standard InChI is InChI=1S/C27H31N3O3/c1-21-17-25(26(33-2)18-24(21)28-13-15-29(16-14-28)27(31)32)30(19-22-9-5-3-6-10-22)20-23-11-7-4-8-12-23/h3-12,17-18H,13-16,19-20H2,1-2H3,(H,31,32). The van der Waals surface area contributed by atoms with E-state index >= 15 is 0 Å². The maximum Gasteiger partial charge on any atom is 0.407 e. The predicted molar refractivity (Wildman–Crippen MR) is 132 cm³/mol. The van der Waals surface area contributed by atoms with Crippen LogP contribution in [-0.4, -0.2) is 49.4 Å². The molecule has 6 nitrogen and oxygen atoms in total. The van der Waals surface area contributed by atoms with Gasteiger partial charge in [-0.3, -0.25) is 0 Å². The zero-order valence-electron chi connectivity index (χ0n) is 19.3. The fourth-order valence-corrected chi connectivity index (χ4v) is 4.39. The molecular formula is C27H31N3O3. The van der Waals surface area contributed by atoms with E-state index in [-0.39, 0.29) is 0 Å². The minimum atomic E-state index is -0.850. The predicted octanol–water partition coefficient (Wildman–Crippen LogP) is 5.01. The van der Waals surface area contributed by atoms with Crippen molar-refractivity contribution in [2.24, 2.45) is 0 Å². The average Bonchev–Trinajstić information content (AvgIpc) is 2.85. The number of rotatable bonds is 7. The number of nitrogens with zero attached hydrogens (tertiary/aromatic N) is 3. The van der Waals surface area contributed by atoms with Crippen LogP contribution < -0.4 is 14.5 Å². The van der Waals surface area contributed by atoms with Gasteiger partial charge in [0.15, 0.2) is 0 Å². The normalized spacial score (nSPS) is 13.6. The maximum atomic E-state index is 11.3. The third-order valence-corrected chi connectivity index (χ3v) is 6.16. The first kappa shape index (κ1) is 22.5. The number of amides is 1. The molecule has 1 heterocycles. The van der Waals surface area contributed by atoms with Gasteiger partial charge in [-0.1, -0.05) is 60.7 Å². The van der Waals surface area contributed by atoms with Crippen LogP contribution in [0.15, 0.2) is 72.8 Å². The molecule has 0 unspecified atom stereocenters. The quantitative estimate of drug-likeness (QED) is 0.554. The summed E-state index contributed by atoms with van der Waals surface area (Å²) < 4.78 is 5.87. The number of benzene rings is 3. The van der Waals surface area contributed by atoms with E-state index in [0.29, 0.717) is 26.2 Å². The van der Waals surface area contributed by atoms with Crippen molar-refractivity contribution in [2.45, 2.75) is 20.0 Å². The molecule has 1 aliphatic rings. The number of hydrogen-bond acceptors (Lipinski definition) is 4. The summed E-state index contributed by atoms with van der Waals surface area (Å²) in [4.78, 5) is 17.3. The monoisotopic (exact) mass is 445 g/mol. The van der Waals surface area contributed by atoms with Crippen LogP contribution in [-0.2, 0) is 13.1 Å². The van der Waals surface area contributed by atoms with E-state index in [1.165, 1.54) is 16.0 Å². The number of anilines is 2. The van der Waals surface area contributed by atoms with Gasteiger partial charge < -0.3 is 24.5 Å². The van der Waals surface area contributed by atoms with E-state index in [9.17, 15) is 9.90 Å². The molecule has 1 N–H and O–H groups in total. The van der Waals surface area contributed by atoms with Gasteiger partial charge in [0.1, 0.15) is 5.75 Å². The number of methoxy groups -OCH3 is 1. The maximum absolute atomic E-state index is 11.3. The topological polar surface area (TPSA) is 56.3 Å². The SMILES string of the molecule is COc1cc(N2CCN(C(=O)O)CC2)c(C)cc1N(Cc1ccccc1)Cc1ccccc1. The smallest absolute Gasteiger partial charge is 0.407 e. The molecule has 33 heavy (non-hydrogen) atoms. The van der Waals surface area contributed by atoms with Crippen molar-refractivity contribution in [1.82, 2.24) is 4.90 Å². The molecule has 3 aromatic rings. The van der Waals surface area contributed by atoms with Crippen LogP contribution >= 0.6 is 0 Å². The first-order valence-corrected chi connectivity index (χ1v) is 11.3. The highest BCUT2D eigenvalue weighted by atomic mass is 16.5. The summed E-state index contributed by atoms with van der Waals surface area (Å²) in [6.45, 7) is 6.01. The Bertz CT molecular complexity index is 1020. The van der Waals surface area contributed by atoms with Crippen molar-refractivity contribution in [3.05, 3.63) is 89.5 Å². The van der Waals surface area contributed by atoms with Gasteiger partial charge in [-0.2, -0.15) is 0 Å². The number of ether oxygens (including phenoxy) is 1. The Hall–Kier alpha value is -3.67. The molecule has 172 valence electrons. The van der Waals surface area contributed by atoms with E-state index in [0.717, 1.165) is 35.8 Å². The average molecular weight is 446 g/mol. The summed E-state index contributed by atoms with van der Waals surface area (Å²) in [7, 11) is 1.71. The lowest BCUT2D eigenvalue weighted by Crippen LogP contribution is -2.48. The molecule has 4 rings (SSSR count). The van der Waals surface area contributed by atoms with Crippen LogP contribution in [0, 0.1) is 6.92 Å². The Labute approximate surface area is 195 Å². The number of carboxylic acid groups (broad SMARTS) is 1. The summed E-state index contributed by atoms with van der Waals surface area (Å²) in [5, 5.41) is 9.25. The van der Waals surface area contributed by atoms with Crippen LogP contribution in [0.4, 0.5) is 16.2 Å². The van der Waals surface area contributed by atoms with Crippen molar-refractivity contribution in [3.63, 3.8) is 0 Å². The van der Waals surface area contributed by atoms with E-state index in [2.05, 4.69) is 77.4 Å². The van der Waals surface area contributed by atoms with Crippen molar-refractivity contribution in [3.8, 4) is 5.75 Å². The van der Waals surface area contributed by atoms with Crippen molar-refractivity contribution < 1.29 is 14.6 Å². The van der Waals surface area contributed by atoms with Gasteiger partial charge in [0.2, 0.25) is 0 Å². The van der Waals surface area contributed by atoms with E-state index in [4.69, 9.17) is 4.74 Å². The van der Waals surface area contributed by atoms with Crippen LogP contribution in [0.5, 0.6) is 5.75 Å². The zero-order valence-corrected chi connectivity index (χ0v) is 19.3. The lowest BCUT2D eigenvalue weighted by molar-refractivity contribution is 0.142. The Kier molecular flexibility index (Phi) is 7.03. The van der Waals surface area contributed by atoms with E-state index < -0.39 is 6.09 Å². The second-order valence-corrected chi connectivity index (χ2v) is 8.39. The van der Waals surface area contributed by atoms with Gasteiger partial charge in [-0.15, -0.1) is 0 Å². The van der Waals surface area contributed by atoms with Gasteiger partial charge in [0.25, 0.3) is 0 Å². The molecule has 1 amide bonds. The molecule has 0 radical (unpaired) electrons. The highest BCUT2D eigenvalue weighted by molar-refractivity contribution is 5.70. The summed E-state index contributed by atoms with van der Waals surface area (Å²) in [5.41, 5.74) is 5.78. The number of carbonyl (C=O) groups is 1. The van der Waals surface area contributed by atoms with Crippen LogP contribution in [0.25, 0.3) is 0 Å². The van der Waals surface area contributed by atoms with Gasteiger partial charge >= 0.3 is 6.09 Å². The summed E-state index contributed by atoms with van der Waals surface area (Å²) >= 11 is 0. The zero-order chi connectivity index (χ0) is 23.2. The van der Waals surface area contributed by atoms with Crippen LogP contribution in [0.2, 0.25) is 0 Å². The summed E-state index contributed by atoms with van der Waals surface area (Å²) in [5.74, 6) is 0.822. The molecule has 3 aromatic carbocycles. The van der Waals surface area contributed by atoms with Crippen molar-refractivity contribution in [1.29, 1.82) is 0 Å². The minimum Gasteiger partial charge on any atom is -0.495 e. The molecule has 0 bridgehead atoms. The van der Waals surface area contributed by atoms with E-state index in [1.807, 2.05) is 12.1 Å². The highest BCUT2D eigenvalue weighted by Gasteiger charge is 2.23. The Morgan fingerprint density at radius 2 is 1.45 bits per heavy atom. The van der Waals surface area contributed by atoms with Gasteiger partial charge in [-0.05, 0) is 29.7 Å². The number of piperazine rings is 1. The molecular weight excluding hydrogens is 414 g/mol. The third kappa shape index (κ3) is 5.40. The molecule has 0 atom stereocenters. The lowest BCUT2D eigenvalue weighted by atomic mass is 10.1. The summed E-state index contributed by atoms with van der Waals surface area (Å²) in [6.07, 6.45) is -0.850. The first-order chi connectivity index (χ1) is 16.0. The van der Waals surface area contributed by atoms with Crippen molar-refractivity contribution >= 4 is 17.5 Å². The van der Waals surface area contributed by atoms with Crippen molar-refractivity contribution in [2.75, 3.05) is 43.1 Å². The molecule has 6 heteroatoms. The molecule has 1 fully saturated rings. The van der Waals surface area contributed by atoms with Crippen LogP contribution in [0.3, 0.4) is 0 Å². The molecule has 1 aliphatic heterocycles. The minimum absolute atomic E-state index is 0.507. The first-order valence-electron chi connectivity index (χ1n) is 11.3. The Balaban J connectivity index is 1.65. The molecule has 1 saturated heterocycles. The fourth-order valence-electron chi connectivity index (χ4n) is 4.39. The van der Waals surface area contributed by atoms with E-state index in [1.54, 1.807) is 7.11 Å². The highest BCUT2D eigenvalue weighted by Crippen LogP contribution is 2.37. The molecule has 0 aromatic heterocycles. The molecule has 0 saturated carbocycles. The largest absolute Gasteiger partial charge is 0.495 e. The third-order valence-electron chi connectivity index (χ3n) is 6.16. The second kappa shape index (κ2) is 10.3. The Morgan fingerprint density at radius 3 is 1.94 bits per heavy atom. The summed E-state index contributed by atoms with van der Waals surface area (Å²) in [6, 6.07) is 25.2. The van der Waals surface area contributed by atoms with Gasteiger partial charge in [-0.25, -0.2) is 4.79 Å². The number of hydrogen-bond donors (Lipinski definition) is 1. The fraction of sp³-hybridized carbons (Fsp3) is 0.296. The molecule has 0 spiro atoms. The lowest BCUT2D eigenvalue weighted by Gasteiger charge is -2.36.